The van der Waals surface area contributed by atoms with Gasteiger partial charge in [0.2, 0.25) is 0 Å². The quantitative estimate of drug-likeness (QED) is 0.311. The molecule has 0 N–H and O–H groups in total. The van der Waals surface area contributed by atoms with Crippen LogP contribution in [0.25, 0.3) is 0 Å². The molecule has 0 radical (unpaired) electrons. The standard InChI is InChI=1S/C19H24ClNO3S/c1-16-18(15-20)21-8-7-19(16)25-14-13-23-10-9-22-11-12-24-17-5-3-2-4-6-17/h2-8H,9-15H2,1H3. The molecule has 2 aromatic rings. The molecule has 0 saturated heterocycles. The molecule has 2 rings (SSSR count). The van der Waals surface area contributed by atoms with Crippen molar-refractivity contribution in [2.24, 2.45) is 0 Å². The first-order chi connectivity index (χ1) is 12.3. The summed E-state index contributed by atoms with van der Waals surface area (Å²) >= 11 is 7.64. The number of halogens is 1. The van der Waals surface area contributed by atoms with E-state index in [0.29, 0.717) is 38.9 Å². The predicted molar refractivity (Wildman–Crippen MR) is 103 cm³/mol. The van der Waals surface area contributed by atoms with Crippen molar-refractivity contribution in [1.82, 2.24) is 4.98 Å². The first kappa shape index (κ1) is 20.0. The van der Waals surface area contributed by atoms with E-state index in [9.17, 15) is 0 Å². The van der Waals surface area contributed by atoms with Gasteiger partial charge in [-0.05, 0) is 30.7 Å². The molecule has 0 atom stereocenters. The third-order valence-corrected chi connectivity index (χ3v) is 4.86. The van der Waals surface area contributed by atoms with Crippen LogP contribution in [0, 0.1) is 6.92 Å². The topological polar surface area (TPSA) is 40.6 Å². The number of benzene rings is 1. The van der Waals surface area contributed by atoms with E-state index in [0.717, 1.165) is 22.8 Å². The molecular formula is C19H24ClNO3S. The van der Waals surface area contributed by atoms with Gasteiger partial charge >= 0.3 is 0 Å². The highest BCUT2D eigenvalue weighted by Crippen LogP contribution is 2.24. The monoisotopic (exact) mass is 381 g/mol. The van der Waals surface area contributed by atoms with Crippen molar-refractivity contribution in [3.05, 3.63) is 53.9 Å². The fourth-order valence-electron chi connectivity index (χ4n) is 2.12. The number of hydrogen-bond acceptors (Lipinski definition) is 5. The Morgan fingerprint density at radius 1 is 0.960 bits per heavy atom. The van der Waals surface area contributed by atoms with Gasteiger partial charge in [0.1, 0.15) is 12.4 Å². The zero-order valence-corrected chi connectivity index (χ0v) is 16.0. The fraction of sp³-hybridized carbons (Fsp3) is 0.421. The maximum absolute atomic E-state index is 5.87. The van der Waals surface area contributed by atoms with Gasteiger partial charge < -0.3 is 14.2 Å². The predicted octanol–water partition coefficient (Wildman–Crippen LogP) is 4.33. The number of alkyl halides is 1. The van der Waals surface area contributed by atoms with Crippen LogP contribution in [0.2, 0.25) is 0 Å². The van der Waals surface area contributed by atoms with Crippen molar-refractivity contribution in [3.8, 4) is 5.75 Å². The van der Waals surface area contributed by atoms with Gasteiger partial charge in [-0.15, -0.1) is 23.4 Å². The second-order valence-electron chi connectivity index (χ2n) is 5.25. The summed E-state index contributed by atoms with van der Waals surface area (Å²) in [5.74, 6) is 2.20. The molecule has 0 amide bonds. The van der Waals surface area contributed by atoms with Crippen LogP contribution in [0.5, 0.6) is 5.75 Å². The molecule has 0 bridgehead atoms. The van der Waals surface area contributed by atoms with Crippen LogP contribution < -0.4 is 4.74 Å². The third-order valence-electron chi connectivity index (χ3n) is 3.48. The van der Waals surface area contributed by atoms with Crippen LogP contribution in [0.15, 0.2) is 47.5 Å². The highest BCUT2D eigenvalue weighted by Gasteiger charge is 2.04. The first-order valence-corrected chi connectivity index (χ1v) is 9.80. The summed E-state index contributed by atoms with van der Waals surface area (Å²) in [6, 6.07) is 11.7. The molecule has 0 aliphatic rings. The van der Waals surface area contributed by atoms with E-state index >= 15 is 0 Å². The van der Waals surface area contributed by atoms with Crippen LogP contribution in [0.3, 0.4) is 0 Å². The Balaban J connectivity index is 1.46. The van der Waals surface area contributed by atoms with Crippen molar-refractivity contribution in [2.75, 3.05) is 38.8 Å². The smallest absolute Gasteiger partial charge is 0.119 e. The minimum Gasteiger partial charge on any atom is -0.491 e. The van der Waals surface area contributed by atoms with Crippen molar-refractivity contribution in [2.45, 2.75) is 17.7 Å². The summed E-state index contributed by atoms with van der Waals surface area (Å²) in [6.07, 6.45) is 1.80. The van der Waals surface area contributed by atoms with Gasteiger partial charge in [-0.3, -0.25) is 4.98 Å². The van der Waals surface area contributed by atoms with E-state index in [1.54, 1.807) is 18.0 Å². The third kappa shape index (κ3) is 7.65. The molecular weight excluding hydrogens is 358 g/mol. The largest absolute Gasteiger partial charge is 0.491 e. The summed E-state index contributed by atoms with van der Waals surface area (Å²) < 4.78 is 16.6. The van der Waals surface area contributed by atoms with Gasteiger partial charge in [-0.25, -0.2) is 0 Å². The molecule has 0 fully saturated rings. The summed E-state index contributed by atoms with van der Waals surface area (Å²) in [6.45, 7) is 5.02. The zero-order chi connectivity index (χ0) is 17.7. The summed E-state index contributed by atoms with van der Waals surface area (Å²) in [5.41, 5.74) is 2.10. The van der Waals surface area contributed by atoms with Crippen LogP contribution in [0.4, 0.5) is 0 Å². The molecule has 25 heavy (non-hydrogen) atoms. The number of para-hydroxylation sites is 1. The van der Waals surface area contributed by atoms with Crippen molar-refractivity contribution >= 4 is 23.4 Å². The number of aromatic nitrogens is 1. The van der Waals surface area contributed by atoms with Crippen molar-refractivity contribution in [1.29, 1.82) is 0 Å². The molecule has 0 spiro atoms. The number of hydrogen-bond donors (Lipinski definition) is 0. The van der Waals surface area contributed by atoms with E-state index in [1.165, 1.54) is 4.90 Å². The summed E-state index contributed by atoms with van der Waals surface area (Å²) in [4.78, 5) is 5.48. The number of nitrogens with zero attached hydrogens (tertiary/aromatic N) is 1. The van der Waals surface area contributed by atoms with Gasteiger partial charge in [-0.1, -0.05) is 18.2 Å². The number of thioether (sulfide) groups is 1. The van der Waals surface area contributed by atoms with E-state index < -0.39 is 0 Å². The molecule has 1 aromatic carbocycles. The Kier molecular flexibility index (Phi) is 9.74. The second kappa shape index (κ2) is 12.1. The molecule has 6 heteroatoms. The number of rotatable bonds is 12. The Labute approximate surface area is 158 Å². The lowest BCUT2D eigenvalue weighted by Gasteiger charge is -2.09. The van der Waals surface area contributed by atoms with Crippen LogP contribution in [0.1, 0.15) is 11.3 Å². The van der Waals surface area contributed by atoms with Gasteiger partial charge in [0, 0.05) is 16.8 Å². The second-order valence-corrected chi connectivity index (χ2v) is 6.65. The molecule has 0 aliphatic carbocycles. The van der Waals surface area contributed by atoms with E-state index in [-0.39, 0.29) is 0 Å². The van der Waals surface area contributed by atoms with E-state index in [2.05, 4.69) is 11.9 Å². The Morgan fingerprint density at radius 2 is 1.68 bits per heavy atom. The highest BCUT2D eigenvalue weighted by molar-refractivity contribution is 7.99. The lowest BCUT2D eigenvalue weighted by molar-refractivity contribution is 0.0412. The van der Waals surface area contributed by atoms with Crippen molar-refractivity contribution in [3.63, 3.8) is 0 Å². The first-order valence-electron chi connectivity index (χ1n) is 8.28. The maximum Gasteiger partial charge on any atom is 0.119 e. The van der Waals surface area contributed by atoms with Crippen molar-refractivity contribution < 1.29 is 14.2 Å². The Morgan fingerprint density at radius 3 is 2.44 bits per heavy atom. The van der Waals surface area contributed by atoms with Crippen LogP contribution in [-0.2, 0) is 15.4 Å². The Hall–Kier alpha value is -1.27. The molecule has 136 valence electrons. The minimum absolute atomic E-state index is 0.446. The summed E-state index contributed by atoms with van der Waals surface area (Å²) in [5, 5.41) is 0. The lowest BCUT2D eigenvalue weighted by atomic mass is 10.2. The number of pyridine rings is 1. The van der Waals surface area contributed by atoms with E-state index in [1.807, 2.05) is 36.4 Å². The molecule has 0 saturated carbocycles. The van der Waals surface area contributed by atoms with Crippen LogP contribution >= 0.6 is 23.4 Å². The highest BCUT2D eigenvalue weighted by atomic mass is 35.5. The fourth-order valence-corrected chi connectivity index (χ4v) is 3.30. The average Bonchev–Trinajstić information content (AvgIpc) is 2.65. The molecule has 0 unspecified atom stereocenters. The SMILES string of the molecule is Cc1c(SCCOCCOCCOc2ccccc2)ccnc1CCl. The molecule has 0 aliphatic heterocycles. The maximum atomic E-state index is 5.87. The zero-order valence-electron chi connectivity index (χ0n) is 14.4. The number of ether oxygens (including phenoxy) is 3. The van der Waals surface area contributed by atoms with Crippen LogP contribution in [-0.4, -0.2) is 43.8 Å². The van der Waals surface area contributed by atoms with Gasteiger partial charge in [0.15, 0.2) is 0 Å². The van der Waals surface area contributed by atoms with Gasteiger partial charge in [0.05, 0.1) is 38.0 Å². The minimum atomic E-state index is 0.446. The molecule has 1 aromatic heterocycles. The average molecular weight is 382 g/mol. The lowest BCUT2D eigenvalue weighted by Crippen LogP contribution is -2.11. The molecule has 1 heterocycles. The Bertz CT molecular complexity index is 613. The summed E-state index contributed by atoms with van der Waals surface area (Å²) in [7, 11) is 0. The van der Waals surface area contributed by atoms with Gasteiger partial charge in [0.25, 0.3) is 0 Å². The molecule has 4 nitrogen and oxygen atoms in total. The van der Waals surface area contributed by atoms with E-state index in [4.69, 9.17) is 25.8 Å². The normalized spacial score (nSPS) is 10.8. The van der Waals surface area contributed by atoms with Gasteiger partial charge in [-0.2, -0.15) is 0 Å².